The SMILES string of the molecule is Cc1cc(Cl)ccc1NC(=O)CC(=O)Nc1cc(Cl)ccc1C. The van der Waals surface area contributed by atoms with Crippen molar-refractivity contribution in [3.8, 4) is 0 Å². The van der Waals surface area contributed by atoms with Gasteiger partial charge in [-0.2, -0.15) is 0 Å². The smallest absolute Gasteiger partial charge is 0.233 e. The lowest BCUT2D eigenvalue weighted by Crippen LogP contribution is -2.22. The van der Waals surface area contributed by atoms with Crippen molar-refractivity contribution in [1.82, 2.24) is 0 Å². The van der Waals surface area contributed by atoms with Gasteiger partial charge < -0.3 is 10.6 Å². The topological polar surface area (TPSA) is 58.2 Å². The van der Waals surface area contributed by atoms with Crippen LogP contribution in [0.2, 0.25) is 10.0 Å². The summed E-state index contributed by atoms with van der Waals surface area (Å²) in [6.07, 6.45) is -0.284. The van der Waals surface area contributed by atoms with Crippen LogP contribution in [0, 0.1) is 13.8 Å². The van der Waals surface area contributed by atoms with E-state index in [2.05, 4.69) is 10.6 Å². The third kappa shape index (κ3) is 4.98. The van der Waals surface area contributed by atoms with E-state index in [0.29, 0.717) is 21.4 Å². The largest absolute Gasteiger partial charge is 0.325 e. The first-order valence-electron chi connectivity index (χ1n) is 6.97. The summed E-state index contributed by atoms with van der Waals surface area (Å²) in [5.41, 5.74) is 2.93. The Kier molecular flexibility index (Phi) is 5.64. The first kappa shape index (κ1) is 17.3. The van der Waals surface area contributed by atoms with Crippen molar-refractivity contribution in [1.29, 1.82) is 0 Å². The molecule has 2 amide bonds. The van der Waals surface area contributed by atoms with Gasteiger partial charge in [-0.1, -0.05) is 29.3 Å². The Hall–Kier alpha value is -2.04. The minimum absolute atomic E-state index is 0.284. The molecule has 2 aromatic rings. The number of benzene rings is 2. The van der Waals surface area contributed by atoms with Gasteiger partial charge in [0.2, 0.25) is 11.8 Å². The number of anilines is 2. The highest BCUT2D eigenvalue weighted by atomic mass is 35.5. The van der Waals surface area contributed by atoms with Gasteiger partial charge in [0.25, 0.3) is 0 Å². The molecule has 0 saturated heterocycles. The highest BCUT2D eigenvalue weighted by Crippen LogP contribution is 2.21. The van der Waals surface area contributed by atoms with Crippen LogP contribution in [0.1, 0.15) is 17.5 Å². The molecule has 0 fully saturated rings. The predicted octanol–water partition coefficient (Wildman–Crippen LogP) is 4.58. The van der Waals surface area contributed by atoms with Gasteiger partial charge in [-0.3, -0.25) is 9.59 Å². The van der Waals surface area contributed by atoms with E-state index in [9.17, 15) is 9.59 Å². The van der Waals surface area contributed by atoms with Gasteiger partial charge >= 0.3 is 0 Å². The molecule has 0 unspecified atom stereocenters. The zero-order valence-electron chi connectivity index (χ0n) is 12.7. The predicted molar refractivity (Wildman–Crippen MR) is 94.3 cm³/mol. The quantitative estimate of drug-likeness (QED) is 0.793. The Morgan fingerprint density at radius 2 is 1.39 bits per heavy atom. The van der Waals surface area contributed by atoms with Crippen LogP contribution in [0.4, 0.5) is 11.4 Å². The van der Waals surface area contributed by atoms with Crippen molar-refractivity contribution in [2.75, 3.05) is 10.6 Å². The van der Waals surface area contributed by atoms with E-state index in [0.717, 1.165) is 11.1 Å². The number of hydrogen-bond acceptors (Lipinski definition) is 2. The molecule has 2 N–H and O–H groups in total. The lowest BCUT2D eigenvalue weighted by atomic mass is 10.2. The summed E-state index contributed by atoms with van der Waals surface area (Å²) >= 11 is 11.8. The Labute approximate surface area is 144 Å². The molecule has 0 aromatic heterocycles. The summed E-state index contributed by atoms with van der Waals surface area (Å²) in [5, 5.41) is 6.49. The zero-order valence-corrected chi connectivity index (χ0v) is 14.3. The molecule has 0 aliphatic rings. The second-order valence-corrected chi connectivity index (χ2v) is 6.06. The maximum atomic E-state index is 12.0. The van der Waals surface area contributed by atoms with Crippen LogP contribution in [0.3, 0.4) is 0 Å². The minimum atomic E-state index is -0.403. The number of nitrogens with one attached hydrogen (secondary N) is 2. The molecule has 0 saturated carbocycles. The first-order chi connectivity index (χ1) is 10.8. The monoisotopic (exact) mass is 350 g/mol. The van der Waals surface area contributed by atoms with Gasteiger partial charge in [-0.15, -0.1) is 0 Å². The number of amides is 2. The molecule has 0 heterocycles. The lowest BCUT2D eigenvalue weighted by Gasteiger charge is -2.10. The second-order valence-electron chi connectivity index (χ2n) is 5.19. The molecular weight excluding hydrogens is 335 g/mol. The molecule has 120 valence electrons. The molecule has 4 nitrogen and oxygen atoms in total. The van der Waals surface area contributed by atoms with Crippen LogP contribution < -0.4 is 10.6 Å². The molecule has 6 heteroatoms. The van der Waals surface area contributed by atoms with E-state index in [1.54, 1.807) is 36.4 Å². The van der Waals surface area contributed by atoms with E-state index in [4.69, 9.17) is 23.2 Å². The summed E-state index contributed by atoms with van der Waals surface area (Å²) in [5.74, 6) is -0.799. The van der Waals surface area contributed by atoms with Gasteiger partial charge in [0, 0.05) is 21.4 Å². The lowest BCUT2D eigenvalue weighted by molar-refractivity contribution is -0.123. The van der Waals surface area contributed by atoms with Crippen molar-refractivity contribution < 1.29 is 9.59 Å². The molecule has 2 aromatic carbocycles. The molecular formula is C17H16Cl2N2O2. The van der Waals surface area contributed by atoms with Crippen molar-refractivity contribution in [2.24, 2.45) is 0 Å². The molecule has 0 bridgehead atoms. The molecule has 0 aliphatic heterocycles. The number of carbonyl (C=O) groups excluding carboxylic acids is 2. The Bertz CT molecular complexity index is 760. The van der Waals surface area contributed by atoms with E-state index in [1.807, 2.05) is 13.8 Å². The Morgan fingerprint density at radius 1 is 0.826 bits per heavy atom. The molecule has 2 rings (SSSR count). The van der Waals surface area contributed by atoms with Gasteiger partial charge in [0.05, 0.1) is 0 Å². The molecule has 0 spiro atoms. The molecule has 23 heavy (non-hydrogen) atoms. The van der Waals surface area contributed by atoms with Crippen LogP contribution in [-0.2, 0) is 9.59 Å². The summed E-state index contributed by atoms with van der Waals surface area (Å²) < 4.78 is 0. The Morgan fingerprint density at radius 3 is 2.04 bits per heavy atom. The zero-order chi connectivity index (χ0) is 17.0. The highest BCUT2D eigenvalue weighted by molar-refractivity contribution is 6.31. The maximum Gasteiger partial charge on any atom is 0.233 e. The normalized spacial score (nSPS) is 10.3. The van der Waals surface area contributed by atoms with Gasteiger partial charge in [0.15, 0.2) is 0 Å². The third-order valence-electron chi connectivity index (χ3n) is 3.26. The summed E-state index contributed by atoms with van der Waals surface area (Å²) in [6.45, 7) is 3.68. The standard InChI is InChI=1S/C17H16Cl2N2O2/c1-10-3-4-13(19)8-15(10)21-17(23)9-16(22)20-14-6-5-12(18)7-11(14)2/h3-8H,9H2,1-2H3,(H,20,22)(H,21,23). The fraction of sp³-hybridized carbons (Fsp3) is 0.176. The Balaban J connectivity index is 1.97. The van der Waals surface area contributed by atoms with Crippen molar-refractivity contribution in [3.05, 3.63) is 57.6 Å². The average molecular weight is 351 g/mol. The second kappa shape index (κ2) is 7.49. The van der Waals surface area contributed by atoms with Gasteiger partial charge in [-0.05, 0) is 55.3 Å². The fourth-order valence-electron chi connectivity index (χ4n) is 2.03. The van der Waals surface area contributed by atoms with Gasteiger partial charge in [0.1, 0.15) is 6.42 Å². The van der Waals surface area contributed by atoms with Crippen molar-refractivity contribution in [2.45, 2.75) is 20.3 Å². The van der Waals surface area contributed by atoms with E-state index in [1.165, 1.54) is 0 Å². The van der Waals surface area contributed by atoms with Crippen LogP contribution in [0.25, 0.3) is 0 Å². The van der Waals surface area contributed by atoms with E-state index in [-0.39, 0.29) is 6.42 Å². The number of rotatable bonds is 4. The van der Waals surface area contributed by atoms with Gasteiger partial charge in [-0.25, -0.2) is 0 Å². The maximum absolute atomic E-state index is 12.0. The number of halogens is 2. The summed E-state index contributed by atoms with van der Waals surface area (Å²) in [4.78, 5) is 24.0. The van der Waals surface area contributed by atoms with E-state index >= 15 is 0 Å². The first-order valence-corrected chi connectivity index (χ1v) is 7.73. The van der Waals surface area contributed by atoms with Crippen LogP contribution in [-0.4, -0.2) is 11.8 Å². The fourth-order valence-corrected chi connectivity index (χ4v) is 2.43. The highest BCUT2D eigenvalue weighted by Gasteiger charge is 2.12. The molecule has 0 atom stereocenters. The third-order valence-corrected chi connectivity index (χ3v) is 3.73. The molecule has 0 aliphatic carbocycles. The minimum Gasteiger partial charge on any atom is -0.325 e. The number of aryl methyl sites for hydroxylation is 2. The molecule has 0 radical (unpaired) electrons. The van der Waals surface area contributed by atoms with Crippen LogP contribution in [0.15, 0.2) is 36.4 Å². The number of hydrogen-bond donors (Lipinski definition) is 2. The van der Waals surface area contributed by atoms with Crippen LogP contribution >= 0.6 is 23.2 Å². The average Bonchev–Trinajstić information content (AvgIpc) is 2.46. The summed E-state index contributed by atoms with van der Waals surface area (Å²) in [6, 6.07) is 10.3. The van der Waals surface area contributed by atoms with Crippen LogP contribution in [0.5, 0.6) is 0 Å². The van der Waals surface area contributed by atoms with Crippen molar-refractivity contribution >= 4 is 46.4 Å². The van der Waals surface area contributed by atoms with Crippen molar-refractivity contribution in [3.63, 3.8) is 0 Å². The number of carbonyl (C=O) groups is 2. The summed E-state index contributed by atoms with van der Waals surface area (Å²) in [7, 11) is 0. The van der Waals surface area contributed by atoms with E-state index < -0.39 is 11.8 Å².